The van der Waals surface area contributed by atoms with E-state index in [1.807, 2.05) is 0 Å². The van der Waals surface area contributed by atoms with Crippen LogP contribution in [0.25, 0.3) is 0 Å². The predicted molar refractivity (Wildman–Crippen MR) is 52.0 cm³/mol. The summed E-state index contributed by atoms with van der Waals surface area (Å²) in [6.07, 6.45) is 1.45. The number of nitrogens with two attached hydrogens (primary N) is 1. The van der Waals surface area contributed by atoms with E-state index in [2.05, 4.69) is 20.3 Å². The molecule has 0 aliphatic heterocycles. The zero-order valence-electron chi connectivity index (χ0n) is 8.24. The molecule has 0 aromatic carbocycles. The maximum Gasteiger partial charge on any atom is 0.307 e. The summed E-state index contributed by atoms with van der Waals surface area (Å²) in [6, 6.07) is 0. The molecule has 7 nitrogen and oxygen atoms in total. The van der Waals surface area contributed by atoms with Gasteiger partial charge in [-0.2, -0.15) is 5.10 Å². The van der Waals surface area contributed by atoms with Gasteiger partial charge in [0.25, 0.3) is 5.91 Å². The molecule has 0 atom stereocenters. The molecule has 1 heterocycles. The zero-order chi connectivity index (χ0) is 11.3. The minimum absolute atomic E-state index is 0.125. The lowest BCUT2D eigenvalue weighted by atomic mass is 10.3. The first kappa shape index (κ1) is 11.0. The topological polar surface area (TPSA) is 110 Å². The average molecular weight is 212 g/mol. The fraction of sp³-hybridized carbons (Fsp3) is 0.375. The molecule has 4 N–H and O–H groups in total. The van der Waals surface area contributed by atoms with Crippen LogP contribution in [0.15, 0.2) is 6.20 Å². The van der Waals surface area contributed by atoms with E-state index < -0.39 is 0 Å². The SMILES string of the molecule is COC(=O)CCNC(=O)c1cn[nH]c1N. The van der Waals surface area contributed by atoms with Crippen LogP contribution in [-0.4, -0.2) is 35.7 Å². The highest BCUT2D eigenvalue weighted by Gasteiger charge is 2.11. The number of nitrogen functional groups attached to an aromatic ring is 1. The lowest BCUT2D eigenvalue weighted by Gasteiger charge is -2.02. The first-order valence-corrected chi connectivity index (χ1v) is 4.29. The van der Waals surface area contributed by atoms with Crippen molar-refractivity contribution in [2.24, 2.45) is 0 Å². The summed E-state index contributed by atoms with van der Waals surface area (Å²) in [5, 5.41) is 8.55. The number of H-pyrrole nitrogens is 1. The van der Waals surface area contributed by atoms with Crippen LogP contribution in [-0.2, 0) is 9.53 Å². The maximum atomic E-state index is 11.4. The molecular weight excluding hydrogens is 200 g/mol. The Morgan fingerprint density at radius 3 is 2.93 bits per heavy atom. The average Bonchev–Trinajstić information content (AvgIpc) is 2.64. The minimum Gasteiger partial charge on any atom is -0.469 e. The number of nitrogens with zero attached hydrogens (tertiary/aromatic N) is 1. The monoisotopic (exact) mass is 212 g/mol. The number of hydrogen-bond acceptors (Lipinski definition) is 5. The van der Waals surface area contributed by atoms with Gasteiger partial charge in [0.1, 0.15) is 11.4 Å². The van der Waals surface area contributed by atoms with Crippen LogP contribution in [0.5, 0.6) is 0 Å². The van der Waals surface area contributed by atoms with E-state index in [9.17, 15) is 9.59 Å². The second kappa shape index (κ2) is 4.99. The number of carbonyl (C=O) groups is 2. The Morgan fingerprint density at radius 1 is 1.67 bits per heavy atom. The molecule has 0 saturated heterocycles. The molecule has 0 spiro atoms. The van der Waals surface area contributed by atoms with Crippen LogP contribution >= 0.6 is 0 Å². The first-order chi connectivity index (χ1) is 7.15. The number of nitrogens with one attached hydrogen (secondary N) is 2. The van der Waals surface area contributed by atoms with Gasteiger partial charge in [0.05, 0.1) is 19.7 Å². The number of anilines is 1. The van der Waals surface area contributed by atoms with E-state index in [0.717, 1.165) is 0 Å². The molecule has 0 aliphatic carbocycles. The number of hydrogen-bond donors (Lipinski definition) is 3. The van der Waals surface area contributed by atoms with E-state index in [0.29, 0.717) is 0 Å². The Kier molecular flexibility index (Phi) is 3.67. The van der Waals surface area contributed by atoms with Crippen LogP contribution in [0.2, 0.25) is 0 Å². The normalized spacial score (nSPS) is 9.67. The standard InChI is InChI=1S/C8H12N4O3/c1-15-6(13)2-3-10-8(14)5-4-11-12-7(5)9/h4H,2-3H2,1H3,(H,10,14)(H3,9,11,12). The lowest BCUT2D eigenvalue weighted by molar-refractivity contribution is -0.140. The second-order valence-electron chi connectivity index (χ2n) is 2.78. The van der Waals surface area contributed by atoms with Gasteiger partial charge in [-0.1, -0.05) is 0 Å². The zero-order valence-corrected chi connectivity index (χ0v) is 8.24. The fourth-order valence-corrected chi connectivity index (χ4v) is 0.952. The van der Waals surface area contributed by atoms with Gasteiger partial charge in [-0.25, -0.2) is 0 Å². The highest BCUT2D eigenvalue weighted by Crippen LogP contribution is 2.04. The number of aromatic nitrogens is 2. The van der Waals surface area contributed by atoms with Crippen LogP contribution < -0.4 is 11.1 Å². The van der Waals surface area contributed by atoms with Gasteiger partial charge in [0.15, 0.2) is 0 Å². The molecule has 82 valence electrons. The van der Waals surface area contributed by atoms with E-state index in [-0.39, 0.29) is 36.2 Å². The summed E-state index contributed by atoms with van der Waals surface area (Å²) >= 11 is 0. The molecule has 1 aromatic heterocycles. The van der Waals surface area contributed by atoms with Gasteiger partial charge < -0.3 is 15.8 Å². The van der Waals surface area contributed by atoms with Crippen molar-refractivity contribution >= 4 is 17.7 Å². The number of ether oxygens (including phenoxy) is 1. The summed E-state index contributed by atoms with van der Waals surface area (Å²) in [7, 11) is 1.29. The molecular formula is C8H12N4O3. The second-order valence-corrected chi connectivity index (χ2v) is 2.78. The van der Waals surface area contributed by atoms with Crippen molar-refractivity contribution in [2.75, 3.05) is 19.4 Å². The summed E-state index contributed by atoms with van der Waals surface area (Å²) < 4.78 is 4.41. The number of esters is 1. The Balaban J connectivity index is 2.38. The van der Waals surface area contributed by atoms with Gasteiger partial charge in [-0.15, -0.1) is 0 Å². The molecule has 0 aliphatic rings. The largest absolute Gasteiger partial charge is 0.469 e. The van der Waals surface area contributed by atoms with E-state index in [4.69, 9.17) is 5.73 Å². The molecule has 0 unspecified atom stereocenters. The smallest absolute Gasteiger partial charge is 0.307 e. The predicted octanol–water partition coefficient (Wildman–Crippen LogP) is -0.715. The molecule has 0 fully saturated rings. The molecule has 0 radical (unpaired) electrons. The van der Waals surface area contributed by atoms with Crippen LogP contribution in [0.4, 0.5) is 5.82 Å². The fourth-order valence-electron chi connectivity index (χ4n) is 0.952. The maximum absolute atomic E-state index is 11.4. The van der Waals surface area contributed by atoms with E-state index >= 15 is 0 Å². The third-order valence-electron chi connectivity index (χ3n) is 1.76. The first-order valence-electron chi connectivity index (χ1n) is 4.29. The van der Waals surface area contributed by atoms with Gasteiger partial charge in [-0.3, -0.25) is 14.7 Å². The van der Waals surface area contributed by atoms with Crippen LogP contribution in [0, 0.1) is 0 Å². The third-order valence-corrected chi connectivity index (χ3v) is 1.76. The van der Waals surface area contributed by atoms with Crippen molar-refractivity contribution in [3.63, 3.8) is 0 Å². The Bertz CT molecular complexity index is 361. The molecule has 1 aromatic rings. The summed E-state index contributed by atoms with van der Waals surface area (Å²) in [5.74, 6) is -0.550. The quantitative estimate of drug-likeness (QED) is 0.571. The number of carbonyl (C=O) groups excluding carboxylic acids is 2. The Hall–Kier alpha value is -2.05. The molecule has 0 saturated carbocycles. The van der Waals surface area contributed by atoms with Crippen LogP contribution in [0.1, 0.15) is 16.8 Å². The van der Waals surface area contributed by atoms with E-state index in [1.165, 1.54) is 13.3 Å². The summed E-state index contributed by atoms with van der Waals surface area (Å²) in [6.45, 7) is 0.204. The molecule has 1 rings (SSSR count). The van der Waals surface area contributed by atoms with Crippen LogP contribution in [0.3, 0.4) is 0 Å². The van der Waals surface area contributed by atoms with Gasteiger partial charge in [0.2, 0.25) is 0 Å². The van der Waals surface area contributed by atoms with Gasteiger partial charge in [0, 0.05) is 6.54 Å². The van der Waals surface area contributed by atoms with Crippen molar-refractivity contribution in [1.82, 2.24) is 15.5 Å². The van der Waals surface area contributed by atoms with Crippen molar-refractivity contribution in [3.8, 4) is 0 Å². The Morgan fingerprint density at radius 2 is 2.40 bits per heavy atom. The van der Waals surface area contributed by atoms with Gasteiger partial charge >= 0.3 is 5.97 Å². The molecule has 7 heteroatoms. The molecule has 1 amide bonds. The van der Waals surface area contributed by atoms with Crippen molar-refractivity contribution in [1.29, 1.82) is 0 Å². The Labute approximate surface area is 86.0 Å². The van der Waals surface area contributed by atoms with E-state index in [1.54, 1.807) is 0 Å². The highest BCUT2D eigenvalue weighted by molar-refractivity contribution is 5.98. The summed E-state index contributed by atoms with van der Waals surface area (Å²) in [4.78, 5) is 22.1. The van der Waals surface area contributed by atoms with Crippen molar-refractivity contribution < 1.29 is 14.3 Å². The minimum atomic E-state index is -0.379. The molecule has 15 heavy (non-hydrogen) atoms. The number of rotatable bonds is 4. The molecule has 0 bridgehead atoms. The number of aromatic amines is 1. The van der Waals surface area contributed by atoms with Crippen molar-refractivity contribution in [2.45, 2.75) is 6.42 Å². The number of methoxy groups -OCH3 is 1. The summed E-state index contributed by atoms with van der Waals surface area (Å²) in [5.41, 5.74) is 5.69. The van der Waals surface area contributed by atoms with Gasteiger partial charge in [-0.05, 0) is 0 Å². The lowest BCUT2D eigenvalue weighted by Crippen LogP contribution is -2.26. The third kappa shape index (κ3) is 2.97. The highest BCUT2D eigenvalue weighted by atomic mass is 16.5. The number of amides is 1. The van der Waals surface area contributed by atoms with Crippen molar-refractivity contribution in [3.05, 3.63) is 11.8 Å².